The molecule has 0 aliphatic rings. The van der Waals surface area contributed by atoms with Crippen molar-refractivity contribution in [3.63, 3.8) is 0 Å². The summed E-state index contributed by atoms with van der Waals surface area (Å²) in [5.74, 6) is -0.363. The zero-order valence-electron chi connectivity index (χ0n) is 12.2. The number of hydrogen-bond acceptors (Lipinski definition) is 5. The predicted octanol–water partition coefficient (Wildman–Crippen LogP) is 1.30. The van der Waals surface area contributed by atoms with Crippen LogP contribution >= 0.6 is 11.6 Å². The number of halogens is 1. The Morgan fingerprint density at radius 3 is 2.96 bits per heavy atom. The highest BCUT2D eigenvalue weighted by atomic mass is 35.5. The van der Waals surface area contributed by atoms with Gasteiger partial charge < -0.3 is 5.32 Å². The number of benzene rings is 1. The van der Waals surface area contributed by atoms with Crippen LogP contribution in [0, 0.1) is 0 Å². The molecule has 0 radical (unpaired) electrons. The van der Waals surface area contributed by atoms with Crippen LogP contribution in [0.3, 0.4) is 0 Å². The largest absolute Gasteiger partial charge is 0.324 e. The second kappa shape index (κ2) is 6.17. The highest BCUT2D eigenvalue weighted by Crippen LogP contribution is 2.14. The normalized spacial score (nSPS) is 10.9. The van der Waals surface area contributed by atoms with Gasteiger partial charge in [-0.15, -0.1) is 5.10 Å². The summed E-state index contributed by atoms with van der Waals surface area (Å²) in [7, 11) is 0. The topological polar surface area (TPSA) is 94.7 Å². The summed E-state index contributed by atoms with van der Waals surface area (Å²) in [6.07, 6.45) is 1.32. The van der Waals surface area contributed by atoms with Crippen LogP contribution in [0.25, 0.3) is 11.2 Å². The molecule has 1 N–H and O–H groups in total. The molecular formula is C14H13ClN6O2. The summed E-state index contributed by atoms with van der Waals surface area (Å²) in [6, 6.07) is 6.76. The van der Waals surface area contributed by atoms with Gasteiger partial charge in [-0.25, -0.2) is 9.67 Å². The molecule has 0 unspecified atom stereocenters. The number of nitrogens with zero attached hydrogens (tertiary/aromatic N) is 5. The van der Waals surface area contributed by atoms with Gasteiger partial charge in [-0.2, -0.15) is 0 Å². The highest BCUT2D eigenvalue weighted by molar-refractivity contribution is 6.30. The Balaban J connectivity index is 1.82. The van der Waals surface area contributed by atoms with E-state index in [1.807, 2.05) is 6.92 Å². The Hall–Kier alpha value is -2.74. The van der Waals surface area contributed by atoms with Crippen LogP contribution in [0.15, 0.2) is 35.4 Å². The second-order valence-corrected chi connectivity index (χ2v) is 5.25. The third-order valence-electron chi connectivity index (χ3n) is 3.21. The van der Waals surface area contributed by atoms with E-state index in [9.17, 15) is 9.59 Å². The van der Waals surface area contributed by atoms with Crippen molar-refractivity contribution in [1.82, 2.24) is 24.5 Å². The van der Waals surface area contributed by atoms with Crippen molar-refractivity contribution in [3.8, 4) is 0 Å². The molecule has 118 valence electrons. The zero-order chi connectivity index (χ0) is 16.4. The molecule has 0 atom stereocenters. The third kappa shape index (κ3) is 3.07. The van der Waals surface area contributed by atoms with Crippen LogP contribution in [0.4, 0.5) is 5.69 Å². The first-order valence-electron chi connectivity index (χ1n) is 6.92. The van der Waals surface area contributed by atoms with Crippen molar-refractivity contribution in [2.24, 2.45) is 0 Å². The average molecular weight is 333 g/mol. The van der Waals surface area contributed by atoms with Crippen LogP contribution in [0.1, 0.15) is 6.92 Å². The molecule has 0 saturated carbocycles. The second-order valence-electron chi connectivity index (χ2n) is 4.81. The van der Waals surface area contributed by atoms with Crippen molar-refractivity contribution in [1.29, 1.82) is 0 Å². The molecule has 23 heavy (non-hydrogen) atoms. The van der Waals surface area contributed by atoms with Gasteiger partial charge in [0.15, 0.2) is 11.2 Å². The van der Waals surface area contributed by atoms with Crippen molar-refractivity contribution < 1.29 is 4.79 Å². The van der Waals surface area contributed by atoms with E-state index in [0.717, 1.165) is 0 Å². The first-order chi connectivity index (χ1) is 11.1. The first-order valence-corrected chi connectivity index (χ1v) is 7.30. The molecule has 0 saturated heterocycles. The summed E-state index contributed by atoms with van der Waals surface area (Å²) in [4.78, 5) is 28.5. The van der Waals surface area contributed by atoms with Crippen LogP contribution in [-0.4, -0.2) is 30.5 Å². The molecule has 0 fully saturated rings. The fourth-order valence-electron chi connectivity index (χ4n) is 2.13. The van der Waals surface area contributed by atoms with Crippen LogP contribution < -0.4 is 10.9 Å². The van der Waals surface area contributed by atoms with Gasteiger partial charge in [-0.3, -0.25) is 14.2 Å². The zero-order valence-corrected chi connectivity index (χ0v) is 13.0. The molecule has 0 spiro atoms. The molecule has 8 nitrogen and oxygen atoms in total. The van der Waals surface area contributed by atoms with E-state index in [0.29, 0.717) is 22.9 Å². The Bertz CT molecular complexity index is 932. The van der Waals surface area contributed by atoms with Gasteiger partial charge in [0.2, 0.25) is 5.91 Å². The van der Waals surface area contributed by atoms with Crippen LogP contribution in [-0.2, 0) is 17.9 Å². The molecule has 1 aromatic carbocycles. The maximum absolute atomic E-state index is 12.3. The number of amides is 1. The minimum atomic E-state index is -0.407. The fourth-order valence-corrected chi connectivity index (χ4v) is 2.32. The summed E-state index contributed by atoms with van der Waals surface area (Å²) < 4.78 is 2.71. The van der Waals surface area contributed by atoms with Gasteiger partial charge in [0.1, 0.15) is 12.9 Å². The monoisotopic (exact) mass is 332 g/mol. The van der Waals surface area contributed by atoms with Crippen molar-refractivity contribution >= 4 is 34.4 Å². The number of carbonyl (C=O) groups is 1. The Morgan fingerprint density at radius 1 is 1.39 bits per heavy atom. The number of anilines is 1. The highest BCUT2D eigenvalue weighted by Gasteiger charge is 2.13. The van der Waals surface area contributed by atoms with E-state index in [1.54, 1.807) is 24.3 Å². The molecule has 2 heterocycles. The number of carbonyl (C=O) groups excluding carboxylic acids is 1. The lowest BCUT2D eigenvalue weighted by molar-refractivity contribution is -0.116. The minimum Gasteiger partial charge on any atom is -0.324 e. The molecule has 0 aliphatic heterocycles. The molecular weight excluding hydrogens is 320 g/mol. The van der Waals surface area contributed by atoms with Gasteiger partial charge >= 0.3 is 0 Å². The molecule has 2 aromatic heterocycles. The SMILES string of the molecule is CCn1nnc2c(=O)n(CC(=O)Nc3cccc(Cl)c3)cnc21. The van der Waals surface area contributed by atoms with E-state index >= 15 is 0 Å². The maximum atomic E-state index is 12.3. The van der Waals surface area contributed by atoms with Gasteiger partial charge in [0.25, 0.3) is 5.56 Å². The minimum absolute atomic E-state index is 0.143. The lowest BCUT2D eigenvalue weighted by atomic mass is 10.3. The van der Waals surface area contributed by atoms with E-state index in [4.69, 9.17) is 11.6 Å². The number of rotatable bonds is 4. The maximum Gasteiger partial charge on any atom is 0.283 e. The molecule has 0 bridgehead atoms. The Morgan fingerprint density at radius 2 is 2.22 bits per heavy atom. The number of fused-ring (bicyclic) bond motifs is 1. The van der Waals surface area contributed by atoms with E-state index in [1.165, 1.54) is 15.6 Å². The Labute approximate surface area is 135 Å². The van der Waals surface area contributed by atoms with E-state index < -0.39 is 5.56 Å². The van der Waals surface area contributed by atoms with Crippen LogP contribution in [0.5, 0.6) is 0 Å². The van der Waals surface area contributed by atoms with E-state index in [-0.39, 0.29) is 18.0 Å². The summed E-state index contributed by atoms with van der Waals surface area (Å²) in [5.41, 5.74) is 0.700. The molecule has 3 aromatic rings. The summed E-state index contributed by atoms with van der Waals surface area (Å²) in [5, 5.41) is 10.9. The molecule has 0 aliphatic carbocycles. The lowest BCUT2D eigenvalue weighted by Crippen LogP contribution is -2.28. The number of nitrogens with one attached hydrogen (secondary N) is 1. The van der Waals surface area contributed by atoms with Crippen molar-refractivity contribution in [3.05, 3.63) is 46.0 Å². The van der Waals surface area contributed by atoms with Gasteiger partial charge in [-0.05, 0) is 25.1 Å². The fraction of sp³-hybridized carbons (Fsp3) is 0.214. The average Bonchev–Trinajstić information content (AvgIpc) is 2.94. The van der Waals surface area contributed by atoms with Crippen molar-refractivity contribution in [2.45, 2.75) is 20.0 Å². The van der Waals surface area contributed by atoms with Gasteiger partial charge in [0.05, 0.1) is 0 Å². The number of aromatic nitrogens is 5. The summed E-state index contributed by atoms with van der Waals surface area (Å²) >= 11 is 5.86. The molecule has 1 amide bonds. The number of aryl methyl sites for hydroxylation is 1. The molecule has 3 rings (SSSR count). The number of hydrogen-bond donors (Lipinski definition) is 1. The lowest BCUT2D eigenvalue weighted by Gasteiger charge is -2.07. The smallest absolute Gasteiger partial charge is 0.283 e. The molecule has 9 heteroatoms. The first kappa shape index (κ1) is 15.2. The van der Waals surface area contributed by atoms with E-state index in [2.05, 4.69) is 20.6 Å². The van der Waals surface area contributed by atoms with Crippen molar-refractivity contribution in [2.75, 3.05) is 5.32 Å². The predicted molar refractivity (Wildman–Crippen MR) is 85.3 cm³/mol. The quantitative estimate of drug-likeness (QED) is 0.777. The standard InChI is InChI=1S/C14H13ClN6O2/c1-2-21-13-12(18-19-21)14(23)20(8-16-13)7-11(22)17-10-5-3-4-9(15)6-10/h3-6,8H,2,7H2,1H3,(H,17,22). The Kier molecular flexibility index (Phi) is 4.07. The van der Waals surface area contributed by atoms with Crippen LogP contribution in [0.2, 0.25) is 5.02 Å². The van der Waals surface area contributed by atoms with Gasteiger partial charge in [0, 0.05) is 17.3 Å². The third-order valence-corrected chi connectivity index (χ3v) is 3.45. The van der Waals surface area contributed by atoms with Gasteiger partial charge in [-0.1, -0.05) is 22.9 Å². The summed E-state index contributed by atoms with van der Waals surface area (Å²) in [6.45, 7) is 2.26.